The molecule has 3 aromatic rings. The molecule has 1 aliphatic rings. The second-order valence-electron chi connectivity index (χ2n) is 7.09. The molecule has 1 saturated carbocycles. The lowest BCUT2D eigenvalue weighted by atomic mass is 10.1. The molecular formula is C20H20FN5O2. The third kappa shape index (κ3) is 3.71. The summed E-state index contributed by atoms with van der Waals surface area (Å²) in [5.41, 5.74) is 2.46. The van der Waals surface area contributed by atoms with E-state index in [1.54, 1.807) is 26.0 Å². The molecule has 144 valence electrons. The van der Waals surface area contributed by atoms with E-state index in [4.69, 9.17) is 0 Å². The molecule has 2 N–H and O–H groups in total. The molecule has 4 rings (SSSR count). The van der Waals surface area contributed by atoms with Crippen LogP contribution >= 0.6 is 0 Å². The number of carbonyl (C=O) groups excluding carboxylic acids is 1. The van der Waals surface area contributed by atoms with Crippen molar-refractivity contribution in [2.45, 2.75) is 39.0 Å². The van der Waals surface area contributed by atoms with Crippen LogP contribution in [0.2, 0.25) is 0 Å². The fourth-order valence-corrected chi connectivity index (χ4v) is 2.93. The number of H-pyrrole nitrogens is 1. The summed E-state index contributed by atoms with van der Waals surface area (Å²) in [4.78, 5) is 31.8. The molecule has 1 fully saturated rings. The minimum absolute atomic E-state index is 0.0983. The third-order valence-electron chi connectivity index (χ3n) is 4.85. The van der Waals surface area contributed by atoms with Gasteiger partial charge in [-0.1, -0.05) is 12.1 Å². The highest BCUT2D eigenvalue weighted by Gasteiger charge is 2.28. The van der Waals surface area contributed by atoms with E-state index in [0.29, 0.717) is 28.6 Å². The van der Waals surface area contributed by atoms with Crippen molar-refractivity contribution in [2.24, 2.45) is 0 Å². The minimum atomic E-state index is -0.346. The Bertz CT molecular complexity index is 1100. The van der Waals surface area contributed by atoms with E-state index in [1.807, 2.05) is 6.07 Å². The van der Waals surface area contributed by atoms with Gasteiger partial charge < -0.3 is 5.32 Å². The Morgan fingerprint density at radius 2 is 2.00 bits per heavy atom. The Labute approximate surface area is 160 Å². The van der Waals surface area contributed by atoms with Crippen LogP contribution in [-0.4, -0.2) is 25.7 Å². The Balaban J connectivity index is 1.63. The number of aromatic amines is 1. The molecule has 8 heteroatoms. The van der Waals surface area contributed by atoms with Gasteiger partial charge in [-0.05, 0) is 44.4 Å². The predicted octanol–water partition coefficient (Wildman–Crippen LogP) is 2.77. The van der Waals surface area contributed by atoms with Crippen LogP contribution in [0, 0.1) is 19.7 Å². The number of anilines is 1. The largest absolute Gasteiger partial charge is 0.310 e. The monoisotopic (exact) mass is 381 g/mol. The number of amides is 1. The highest BCUT2D eigenvalue weighted by Crippen LogP contribution is 2.40. The molecule has 2 heterocycles. The average Bonchev–Trinajstić information content (AvgIpc) is 3.42. The number of nitrogens with one attached hydrogen (secondary N) is 2. The summed E-state index contributed by atoms with van der Waals surface area (Å²) in [6.07, 6.45) is 2.20. The second-order valence-corrected chi connectivity index (χ2v) is 7.09. The van der Waals surface area contributed by atoms with Crippen molar-refractivity contribution in [3.63, 3.8) is 0 Å². The van der Waals surface area contributed by atoms with Gasteiger partial charge in [0.2, 0.25) is 11.9 Å². The zero-order valence-corrected chi connectivity index (χ0v) is 15.6. The van der Waals surface area contributed by atoms with E-state index in [0.717, 1.165) is 18.5 Å². The van der Waals surface area contributed by atoms with E-state index in [-0.39, 0.29) is 29.7 Å². The first-order valence-electron chi connectivity index (χ1n) is 9.13. The SMILES string of the molecule is Cc1nc(-n2nc(C3CC3)cc2NC(=O)Cc2ccc(F)cc2)[nH]c(=O)c1C. The number of aromatic nitrogens is 4. The van der Waals surface area contributed by atoms with E-state index < -0.39 is 0 Å². The Kier molecular flexibility index (Phi) is 4.54. The molecule has 0 aliphatic heterocycles. The van der Waals surface area contributed by atoms with Gasteiger partial charge in [0, 0.05) is 23.2 Å². The molecule has 0 atom stereocenters. The number of rotatable bonds is 5. The first-order valence-corrected chi connectivity index (χ1v) is 9.13. The van der Waals surface area contributed by atoms with Crippen LogP contribution in [0.4, 0.5) is 10.2 Å². The maximum absolute atomic E-state index is 13.0. The van der Waals surface area contributed by atoms with Crippen molar-refractivity contribution in [2.75, 3.05) is 5.32 Å². The lowest BCUT2D eigenvalue weighted by Crippen LogP contribution is -2.21. The van der Waals surface area contributed by atoms with Gasteiger partial charge in [-0.2, -0.15) is 9.78 Å². The molecule has 0 unspecified atom stereocenters. The van der Waals surface area contributed by atoms with Gasteiger partial charge in [0.1, 0.15) is 11.6 Å². The third-order valence-corrected chi connectivity index (χ3v) is 4.85. The second kappa shape index (κ2) is 7.03. The van der Waals surface area contributed by atoms with Gasteiger partial charge in [0.25, 0.3) is 5.56 Å². The molecule has 2 aromatic heterocycles. The normalized spacial score (nSPS) is 13.5. The van der Waals surface area contributed by atoms with Gasteiger partial charge in [0.05, 0.1) is 12.1 Å². The standard InChI is InChI=1S/C20H20FN5O2/c1-11-12(2)22-20(24-19(11)28)26-17(10-16(25-26)14-5-6-14)23-18(27)9-13-3-7-15(21)8-4-13/h3-4,7-8,10,14H,5-6,9H2,1-2H3,(H,23,27)(H,22,24,28). The smallest absolute Gasteiger partial charge is 0.255 e. The highest BCUT2D eigenvalue weighted by molar-refractivity contribution is 5.91. The summed E-state index contributed by atoms with van der Waals surface area (Å²) >= 11 is 0. The van der Waals surface area contributed by atoms with Crippen LogP contribution in [-0.2, 0) is 11.2 Å². The lowest BCUT2D eigenvalue weighted by Gasteiger charge is -2.09. The molecule has 1 aliphatic carbocycles. The van der Waals surface area contributed by atoms with Crippen LogP contribution in [0.1, 0.15) is 41.3 Å². The molecule has 0 spiro atoms. The summed E-state index contributed by atoms with van der Waals surface area (Å²) in [7, 11) is 0. The van der Waals surface area contributed by atoms with Gasteiger partial charge in [-0.15, -0.1) is 0 Å². The van der Waals surface area contributed by atoms with Crippen LogP contribution in [0.25, 0.3) is 5.95 Å². The average molecular weight is 381 g/mol. The molecule has 0 saturated heterocycles. The number of benzene rings is 1. The molecule has 28 heavy (non-hydrogen) atoms. The Hall–Kier alpha value is -3.29. The zero-order valence-electron chi connectivity index (χ0n) is 15.6. The summed E-state index contributed by atoms with van der Waals surface area (Å²) in [5, 5.41) is 7.38. The molecule has 1 amide bonds. The molecule has 0 radical (unpaired) electrons. The number of halogens is 1. The fraction of sp³-hybridized carbons (Fsp3) is 0.300. The van der Waals surface area contributed by atoms with Crippen molar-refractivity contribution in [3.8, 4) is 5.95 Å². The van der Waals surface area contributed by atoms with Crippen LogP contribution in [0.5, 0.6) is 0 Å². The summed E-state index contributed by atoms with van der Waals surface area (Å²) < 4.78 is 14.5. The van der Waals surface area contributed by atoms with Gasteiger partial charge in [-0.25, -0.2) is 9.37 Å². The van der Waals surface area contributed by atoms with Crippen molar-refractivity contribution in [1.29, 1.82) is 0 Å². The van der Waals surface area contributed by atoms with Crippen molar-refractivity contribution in [3.05, 3.63) is 69.0 Å². The van der Waals surface area contributed by atoms with Gasteiger partial charge >= 0.3 is 0 Å². The predicted molar refractivity (Wildman–Crippen MR) is 102 cm³/mol. The van der Waals surface area contributed by atoms with Crippen molar-refractivity contribution < 1.29 is 9.18 Å². The van der Waals surface area contributed by atoms with Gasteiger partial charge in [0.15, 0.2) is 0 Å². The van der Waals surface area contributed by atoms with Crippen LogP contribution in [0.15, 0.2) is 35.1 Å². The maximum Gasteiger partial charge on any atom is 0.255 e. The number of aryl methyl sites for hydroxylation is 1. The van der Waals surface area contributed by atoms with E-state index >= 15 is 0 Å². The van der Waals surface area contributed by atoms with E-state index in [9.17, 15) is 14.0 Å². The summed E-state index contributed by atoms with van der Waals surface area (Å²) in [6, 6.07) is 7.60. The molecular weight excluding hydrogens is 361 g/mol. The fourth-order valence-electron chi connectivity index (χ4n) is 2.93. The lowest BCUT2D eigenvalue weighted by molar-refractivity contribution is -0.115. The maximum atomic E-state index is 13.0. The van der Waals surface area contributed by atoms with Crippen LogP contribution in [0.3, 0.4) is 0 Å². The number of carbonyl (C=O) groups is 1. The minimum Gasteiger partial charge on any atom is -0.310 e. The molecule has 1 aromatic carbocycles. The molecule has 0 bridgehead atoms. The van der Waals surface area contributed by atoms with Crippen LogP contribution < -0.4 is 10.9 Å². The molecule has 7 nitrogen and oxygen atoms in total. The first-order chi connectivity index (χ1) is 13.4. The zero-order chi connectivity index (χ0) is 19.8. The number of hydrogen-bond donors (Lipinski definition) is 2. The number of nitrogens with zero attached hydrogens (tertiary/aromatic N) is 3. The Morgan fingerprint density at radius 1 is 1.29 bits per heavy atom. The van der Waals surface area contributed by atoms with Gasteiger partial charge in [-0.3, -0.25) is 14.6 Å². The summed E-state index contributed by atoms with van der Waals surface area (Å²) in [5.74, 6) is 0.465. The quantitative estimate of drug-likeness (QED) is 0.711. The summed E-state index contributed by atoms with van der Waals surface area (Å²) in [6.45, 7) is 3.46. The Morgan fingerprint density at radius 3 is 2.64 bits per heavy atom. The first kappa shape index (κ1) is 18.1. The van der Waals surface area contributed by atoms with E-state index in [1.165, 1.54) is 16.8 Å². The number of hydrogen-bond acceptors (Lipinski definition) is 4. The highest BCUT2D eigenvalue weighted by atomic mass is 19.1. The van der Waals surface area contributed by atoms with Crippen molar-refractivity contribution in [1.82, 2.24) is 19.7 Å². The topological polar surface area (TPSA) is 92.7 Å². The van der Waals surface area contributed by atoms with Crippen molar-refractivity contribution >= 4 is 11.7 Å². The van der Waals surface area contributed by atoms with E-state index in [2.05, 4.69) is 20.4 Å².